The second-order valence-corrected chi connectivity index (χ2v) is 3.84. The highest BCUT2D eigenvalue weighted by Crippen LogP contribution is 2.20. The van der Waals surface area contributed by atoms with Crippen molar-refractivity contribution in [3.63, 3.8) is 0 Å². The Bertz CT molecular complexity index is 431. The van der Waals surface area contributed by atoms with Gasteiger partial charge in [-0.1, -0.05) is 0 Å². The third-order valence-corrected chi connectivity index (χ3v) is 2.31. The normalized spacial score (nSPS) is 10.4. The molecule has 7 heteroatoms. The summed E-state index contributed by atoms with van der Waals surface area (Å²) in [6, 6.07) is 0. The Kier molecular flexibility index (Phi) is 2.08. The highest BCUT2D eigenvalue weighted by atomic mass is 32.1. The fourth-order valence-corrected chi connectivity index (χ4v) is 1.51. The van der Waals surface area contributed by atoms with Gasteiger partial charge in [0.15, 0.2) is 11.0 Å². The second kappa shape index (κ2) is 3.26. The average Bonchev–Trinajstić information content (AvgIpc) is 2.70. The number of hydrogen-bond acceptors (Lipinski definition) is 6. The summed E-state index contributed by atoms with van der Waals surface area (Å²) in [6.45, 7) is 0. The number of aromatic nitrogens is 4. The minimum Gasteiger partial charge on any atom is -0.375 e. The number of nitrogen functional groups attached to an aromatic ring is 1. The van der Waals surface area contributed by atoms with Crippen LogP contribution in [-0.4, -0.2) is 34.3 Å². The maximum Gasteiger partial charge on any atom is 0.244 e. The predicted molar refractivity (Wildman–Crippen MR) is 56.2 cm³/mol. The summed E-state index contributed by atoms with van der Waals surface area (Å²) in [5.41, 5.74) is 6.25. The van der Waals surface area contributed by atoms with Gasteiger partial charge in [-0.05, 0) is 0 Å². The first-order valence-electron chi connectivity index (χ1n) is 3.98. The van der Waals surface area contributed by atoms with Gasteiger partial charge >= 0.3 is 0 Å². The SMILES string of the molecule is CN(C)c1n[nH]c(-c2csc(N)n2)n1. The Hall–Kier alpha value is -1.63. The summed E-state index contributed by atoms with van der Waals surface area (Å²) in [6.07, 6.45) is 0. The van der Waals surface area contributed by atoms with Gasteiger partial charge < -0.3 is 10.6 Å². The Labute approximate surface area is 84.8 Å². The molecule has 0 atom stereocenters. The molecule has 14 heavy (non-hydrogen) atoms. The van der Waals surface area contributed by atoms with Gasteiger partial charge in [0.05, 0.1) is 0 Å². The lowest BCUT2D eigenvalue weighted by Crippen LogP contribution is -2.10. The van der Waals surface area contributed by atoms with Gasteiger partial charge in [0.2, 0.25) is 5.95 Å². The molecule has 0 unspecified atom stereocenters. The van der Waals surface area contributed by atoms with Crippen LogP contribution in [0.3, 0.4) is 0 Å². The highest BCUT2D eigenvalue weighted by molar-refractivity contribution is 7.13. The van der Waals surface area contributed by atoms with E-state index in [1.165, 1.54) is 11.3 Å². The fourth-order valence-electron chi connectivity index (χ4n) is 0.964. The smallest absolute Gasteiger partial charge is 0.244 e. The molecular weight excluding hydrogens is 200 g/mol. The van der Waals surface area contributed by atoms with Crippen molar-refractivity contribution in [3.05, 3.63) is 5.38 Å². The van der Waals surface area contributed by atoms with Crippen molar-refractivity contribution in [1.29, 1.82) is 0 Å². The molecule has 0 aliphatic rings. The number of hydrogen-bond donors (Lipinski definition) is 2. The standard InChI is InChI=1S/C7H10N6S/c1-13(2)7-10-5(11-12-7)4-3-14-6(8)9-4/h3H,1-2H3,(H2,8,9)(H,10,11,12). The summed E-state index contributed by atoms with van der Waals surface area (Å²) in [7, 11) is 3.75. The van der Waals surface area contributed by atoms with E-state index in [4.69, 9.17) is 5.73 Å². The van der Waals surface area contributed by atoms with Gasteiger partial charge in [-0.3, -0.25) is 5.10 Å². The first-order valence-corrected chi connectivity index (χ1v) is 4.86. The van der Waals surface area contributed by atoms with Crippen LogP contribution in [0.4, 0.5) is 11.1 Å². The molecule has 0 fully saturated rings. The van der Waals surface area contributed by atoms with Crippen LogP contribution in [0, 0.1) is 0 Å². The van der Waals surface area contributed by atoms with E-state index < -0.39 is 0 Å². The van der Waals surface area contributed by atoms with E-state index in [0.29, 0.717) is 16.9 Å². The molecule has 0 aliphatic heterocycles. The summed E-state index contributed by atoms with van der Waals surface area (Å²) in [5, 5.41) is 9.19. The van der Waals surface area contributed by atoms with E-state index in [1.807, 2.05) is 24.4 Å². The van der Waals surface area contributed by atoms with Crippen LogP contribution in [0.15, 0.2) is 5.38 Å². The molecule has 2 aromatic rings. The van der Waals surface area contributed by atoms with Gasteiger partial charge in [0.25, 0.3) is 0 Å². The van der Waals surface area contributed by atoms with E-state index in [9.17, 15) is 0 Å². The summed E-state index contributed by atoms with van der Waals surface area (Å²) >= 11 is 1.38. The number of aromatic amines is 1. The number of anilines is 2. The van der Waals surface area contributed by atoms with Gasteiger partial charge in [-0.2, -0.15) is 4.98 Å². The zero-order valence-corrected chi connectivity index (χ0v) is 8.67. The maximum absolute atomic E-state index is 5.52. The van der Waals surface area contributed by atoms with Crippen LogP contribution in [0.2, 0.25) is 0 Å². The maximum atomic E-state index is 5.52. The monoisotopic (exact) mass is 210 g/mol. The van der Waals surface area contributed by atoms with Crippen LogP contribution in [-0.2, 0) is 0 Å². The van der Waals surface area contributed by atoms with Crippen molar-refractivity contribution >= 4 is 22.4 Å². The Morgan fingerprint density at radius 1 is 1.43 bits per heavy atom. The van der Waals surface area contributed by atoms with Crippen molar-refractivity contribution in [2.75, 3.05) is 24.7 Å². The molecule has 0 spiro atoms. The minimum atomic E-state index is 0.530. The lowest BCUT2D eigenvalue weighted by Gasteiger charge is -2.03. The molecule has 0 amide bonds. The fraction of sp³-hybridized carbons (Fsp3) is 0.286. The van der Waals surface area contributed by atoms with E-state index in [0.717, 1.165) is 5.69 Å². The van der Waals surface area contributed by atoms with Crippen molar-refractivity contribution < 1.29 is 0 Å². The summed E-state index contributed by atoms with van der Waals surface area (Å²) in [5.74, 6) is 1.27. The Morgan fingerprint density at radius 2 is 2.21 bits per heavy atom. The summed E-state index contributed by atoms with van der Waals surface area (Å²) < 4.78 is 0. The van der Waals surface area contributed by atoms with Crippen LogP contribution >= 0.6 is 11.3 Å². The van der Waals surface area contributed by atoms with Crippen molar-refractivity contribution in [1.82, 2.24) is 20.2 Å². The number of nitrogens with two attached hydrogens (primary N) is 1. The quantitative estimate of drug-likeness (QED) is 0.757. The molecule has 2 aromatic heterocycles. The average molecular weight is 210 g/mol. The van der Waals surface area contributed by atoms with Gasteiger partial charge in [0, 0.05) is 19.5 Å². The zero-order valence-electron chi connectivity index (χ0n) is 7.85. The second-order valence-electron chi connectivity index (χ2n) is 2.95. The number of thiazole rings is 1. The molecule has 74 valence electrons. The first-order chi connectivity index (χ1) is 6.66. The highest BCUT2D eigenvalue weighted by Gasteiger charge is 2.09. The lowest BCUT2D eigenvalue weighted by atomic mass is 10.5. The van der Waals surface area contributed by atoms with E-state index in [1.54, 1.807) is 0 Å². The molecule has 6 nitrogen and oxygen atoms in total. The van der Waals surface area contributed by atoms with E-state index in [2.05, 4.69) is 20.2 Å². The molecule has 0 aromatic carbocycles. The van der Waals surface area contributed by atoms with Crippen LogP contribution in [0.25, 0.3) is 11.5 Å². The first kappa shape index (κ1) is 8.95. The predicted octanol–water partition coefficient (Wildman–Crippen LogP) is 0.576. The number of H-pyrrole nitrogens is 1. The largest absolute Gasteiger partial charge is 0.375 e. The molecule has 0 radical (unpaired) electrons. The molecular formula is C7H10N6S. The number of nitrogens with one attached hydrogen (secondary N) is 1. The van der Waals surface area contributed by atoms with Crippen molar-refractivity contribution in [2.24, 2.45) is 0 Å². The number of nitrogens with zero attached hydrogens (tertiary/aromatic N) is 4. The molecule has 2 heterocycles. The van der Waals surface area contributed by atoms with Gasteiger partial charge in [-0.15, -0.1) is 16.4 Å². The van der Waals surface area contributed by atoms with Crippen molar-refractivity contribution in [3.8, 4) is 11.5 Å². The Balaban J connectivity index is 2.33. The molecule has 0 saturated carbocycles. The minimum absolute atomic E-state index is 0.530. The van der Waals surface area contributed by atoms with Crippen LogP contribution in [0.1, 0.15) is 0 Å². The van der Waals surface area contributed by atoms with Crippen LogP contribution in [0.5, 0.6) is 0 Å². The number of rotatable bonds is 2. The molecule has 3 N–H and O–H groups in total. The Morgan fingerprint density at radius 3 is 2.71 bits per heavy atom. The summed E-state index contributed by atoms with van der Waals surface area (Å²) in [4.78, 5) is 10.2. The molecule has 0 bridgehead atoms. The molecule has 2 rings (SSSR count). The lowest BCUT2D eigenvalue weighted by molar-refractivity contribution is 0.999. The van der Waals surface area contributed by atoms with Gasteiger partial charge in [0.1, 0.15) is 5.69 Å². The third kappa shape index (κ3) is 1.53. The van der Waals surface area contributed by atoms with Gasteiger partial charge in [-0.25, -0.2) is 4.98 Å². The zero-order chi connectivity index (χ0) is 10.1. The van der Waals surface area contributed by atoms with E-state index >= 15 is 0 Å². The third-order valence-electron chi connectivity index (χ3n) is 1.64. The van der Waals surface area contributed by atoms with Crippen LogP contribution < -0.4 is 10.6 Å². The molecule has 0 saturated heterocycles. The topological polar surface area (TPSA) is 83.7 Å². The van der Waals surface area contributed by atoms with E-state index in [-0.39, 0.29) is 0 Å². The van der Waals surface area contributed by atoms with Crippen molar-refractivity contribution in [2.45, 2.75) is 0 Å². The molecule has 0 aliphatic carbocycles.